The van der Waals surface area contributed by atoms with Gasteiger partial charge in [0.25, 0.3) is 5.91 Å². The fourth-order valence-electron chi connectivity index (χ4n) is 3.37. The largest absolute Gasteiger partial charge is 0.496 e. The molecule has 0 saturated heterocycles. The van der Waals surface area contributed by atoms with E-state index in [0.717, 1.165) is 15.6 Å². The summed E-state index contributed by atoms with van der Waals surface area (Å²) in [4.78, 5) is 24.4. The van der Waals surface area contributed by atoms with Crippen molar-refractivity contribution in [2.24, 2.45) is 0 Å². The number of ether oxygens (including phenoxy) is 2. The molecule has 0 aliphatic carbocycles. The molecule has 3 aromatic carbocycles. The Labute approximate surface area is 209 Å². The molecule has 0 unspecified atom stereocenters. The second-order valence-corrected chi connectivity index (χ2v) is 8.69. The number of carbonyl (C=O) groups is 2. The van der Waals surface area contributed by atoms with Crippen LogP contribution in [0.4, 0.5) is 0 Å². The first kappa shape index (κ1) is 24.9. The van der Waals surface area contributed by atoms with Gasteiger partial charge in [0, 0.05) is 6.42 Å². The first-order valence-corrected chi connectivity index (χ1v) is 11.3. The second-order valence-electron chi connectivity index (χ2n) is 7.02. The fourth-order valence-corrected chi connectivity index (χ4v) is 4.43. The van der Waals surface area contributed by atoms with Gasteiger partial charge in [-0.05, 0) is 51.3 Å². The lowest BCUT2D eigenvalue weighted by molar-refractivity contribution is -0.139. The number of benzene rings is 3. The lowest BCUT2D eigenvalue weighted by atomic mass is 9.99. The summed E-state index contributed by atoms with van der Waals surface area (Å²) in [7, 11) is 3.15. The minimum Gasteiger partial charge on any atom is -0.496 e. The number of hydrogen-bond acceptors (Lipinski definition) is 4. The molecule has 1 atom stereocenters. The highest BCUT2D eigenvalue weighted by Gasteiger charge is 2.24. The number of aliphatic carboxylic acids is 1. The predicted octanol–water partition coefficient (Wildman–Crippen LogP) is 5.87. The van der Waals surface area contributed by atoms with E-state index < -0.39 is 17.9 Å². The highest BCUT2D eigenvalue weighted by Crippen LogP contribution is 2.43. The monoisotopic (exact) mass is 551 g/mol. The van der Waals surface area contributed by atoms with Gasteiger partial charge in [-0.15, -0.1) is 0 Å². The van der Waals surface area contributed by atoms with Crippen LogP contribution in [0.5, 0.6) is 11.5 Å². The Kier molecular flexibility index (Phi) is 8.24. The van der Waals surface area contributed by atoms with Crippen LogP contribution >= 0.6 is 39.1 Å². The topological polar surface area (TPSA) is 84.9 Å². The van der Waals surface area contributed by atoms with Gasteiger partial charge >= 0.3 is 5.97 Å². The molecule has 6 nitrogen and oxygen atoms in total. The van der Waals surface area contributed by atoms with Crippen molar-refractivity contribution < 1.29 is 24.2 Å². The number of carbonyl (C=O) groups excluding carboxylic acids is 1. The zero-order valence-corrected chi connectivity index (χ0v) is 20.8. The summed E-state index contributed by atoms with van der Waals surface area (Å²) >= 11 is 15.6. The number of nitrogens with one attached hydrogen (secondary N) is 1. The molecule has 0 aromatic heterocycles. The third-order valence-electron chi connectivity index (χ3n) is 4.97. The Bertz CT molecular complexity index is 1160. The van der Waals surface area contributed by atoms with Crippen molar-refractivity contribution in [3.8, 4) is 22.6 Å². The van der Waals surface area contributed by atoms with Crippen molar-refractivity contribution in [1.82, 2.24) is 5.32 Å². The van der Waals surface area contributed by atoms with E-state index in [0.29, 0.717) is 17.1 Å². The molecule has 3 aromatic rings. The van der Waals surface area contributed by atoms with Crippen molar-refractivity contribution in [2.45, 2.75) is 12.5 Å². The van der Waals surface area contributed by atoms with Crippen LogP contribution in [-0.4, -0.2) is 37.2 Å². The van der Waals surface area contributed by atoms with Crippen molar-refractivity contribution >= 4 is 51.0 Å². The lowest BCUT2D eigenvalue weighted by Crippen LogP contribution is -2.42. The highest BCUT2D eigenvalue weighted by molar-refractivity contribution is 9.10. The summed E-state index contributed by atoms with van der Waals surface area (Å²) in [6.45, 7) is 0. The summed E-state index contributed by atoms with van der Waals surface area (Å²) in [5.74, 6) is -0.575. The average Bonchev–Trinajstić information content (AvgIpc) is 2.78. The predicted molar refractivity (Wildman–Crippen MR) is 132 cm³/mol. The molecule has 0 fully saturated rings. The maximum atomic E-state index is 12.6. The highest BCUT2D eigenvalue weighted by atomic mass is 79.9. The number of amides is 1. The zero-order chi connectivity index (χ0) is 24.1. The molecule has 0 aliphatic heterocycles. The number of carboxylic acid groups (broad SMARTS) is 1. The van der Waals surface area contributed by atoms with Crippen LogP contribution in [0, 0.1) is 0 Å². The summed E-state index contributed by atoms with van der Waals surface area (Å²) < 4.78 is 11.8. The van der Waals surface area contributed by atoms with Crippen molar-refractivity contribution in [2.75, 3.05) is 14.2 Å². The number of rotatable bonds is 8. The van der Waals surface area contributed by atoms with E-state index in [2.05, 4.69) is 21.2 Å². The Morgan fingerprint density at radius 3 is 2.18 bits per heavy atom. The molecule has 33 heavy (non-hydrogen) atoms. The summed E-state index contributed by atoms with van der Waals surface area (Å²) in [6, 6.07) is 14.4. The lowest BCUT2D eigenvalue weighted by Gasteiger charge is -2.17. The summed E-state index contributed by atoms with van der Waals surface area (Å²) in [5, 5.41) is 12.4. The minimum absolute atomic E-state index is 0.0382. The summed E-state index contributed by atoms with van der Waals surface area (Å²) in [5.41, 5.74) is 2.34. The molecule has 3 rings (SSSR count). The molecule has 0 aliphatic rings. The van der Waals surface area contributed by atoms with Gasteiger partial charge in [-0.25, -0.2) is 4.79 Å². The Morgan fingerprint density at radius 1 is 1.00 bits per heavy atom. The molecule has 0 spiro atoms. The Morgan fingerprint density at radius 2 is 1.64 bits per heavy atom. The van der Waals surface area contributed by atoms with Crippen LogP contribution in [-0.2, 0) is 11.2 Å². The van der Waals surface area contributed by atoms with Crippen molar-refractivity contribution in [3.63, 3.8) is 0 Å². The molecular weight excluding hydrogens is 533 g/mol. The van der Waals surface area contributed by atoms with E-state index in [4.69, 9.17) is 32.7 Å². The van der Waals surface area contributed by atoms with Gasteiger partial charge in [0.15, 0.2) is 0 Å². The van der Waals surface area contributed by atoms with Crippen LogP contribution in [0.25, 0.3) is 11.1 Å². The first-order valence-electron chi connectivity index (χ1n) is 9.74. The molecular formula is C24H20BrCl2NO5. The second kappa shape index (κ2) is 10.9. The van der Waals surface area contributed by atoms with E-state index in [9.17, 15) is 14.7 Å². The maximum Gasteiger partial charge on any atom is 0.326 e. The third-order valence-corrected chi connectivity index (χ3v) is 6.23. The van der Waals surface area contributed by atoms with Gasteiger partial charge in [0.1, 0.15) is 17.5 Å². The number of halogens is 3. The van der Waals surface area contributed by atoms with E-state index >= 15 is 0 Å². The zero-order valence-electron chi connectivity index (χ0n) is 17.7. The van der Waals surface area contributed by atoms with Gasteiger partial charge in [-0.3, -0.25) is 4.79 Å². The van der Waals surface area contributed by atoms with Gasteiger partial charge in [-0.2, -0.15) is 0 Å². The van der Waals surface area contributed by atoms with E-state index in [1.165, 1.54) is 12.1 Å². The molecule has 1 amide bonds. The number of carboxylic acids is 1. The first-order chi connectivity index (χ1) is 15.8. The standard InChI is InChI=1S/C24H20BrCl2NO5/c1-32-19-11-10-15(25)22(33-2)20(19)14-8-6-13(7-9-14)12-18(24(30)31)28-23(29)21-16(26)4-3-5-17(21)27/h3-11,18H,12H2,1-2H3,(H,28,29)(H,30,31)/t18-/m0/s1. The average molecular weight is 553 g/mol. The number of methoxy groups -OCH3 is 2. The van der Waals surface area contributed by atoms with Gasteiger partial charge in [0.05, 0.1) is 39.9 Å². The van der Waals surface area contributed by atoms with Crippen LogP contribution in [0.2, 0.25) is 10.0 Å². The maximum absolute atomic E-state index is 12.6. The Balaban J connectivity index is 1.84. The summed E-state index contributed by atoms with van der Waals surface area (Å²) in [6.07, 6.45) is 0.0657. The molecule has 2 N–H and O–H groups in total. The normalized spacial score (nSPS) is 11.5. The van der Waals surface area contributed by atoms with Crippen molar-refractivity contribution in [3.05, 3.63) is 80.2 Å². The van der Waals surface area contributed by atoms with Gasteiger partial charge in [-0.1, -0.05) is 53.5 Å². The molecule has 0 radical (unpaired) electrons. The van der Waals surface area contributed by atoms with E-state index in [1.807, 2.05) is 24.3 Å². The fraction of sp³-hybridized carbons (Fsp3) is 0.167. The van der Waals surface area contributed by atoms with E-state index in [-0.39, 0.29) is 22.0 Å². The molecule has 9 heteroatoms. The van der Waals surface area contributed by atoms with Crippen LogP contribution in [0.1, 0.15) is 15.9 Å². The number of hydrogen-bond donors (Lipinski definition) is 2. The van der Waals surface area contributed by atoms with Crippen LogP contribution in [0.3, 0.4) is 0 Å². The van der Waals surface area contributed by atoms with Gasteiger partial charge in [0.2, 0.25) is 0 Å². The smallest absolute Gasteiger partial charge is 0.326 e. The molecule has 0 bridgehead atoms. The van der Waals surface area contributed by atoms with E-state index in [1.54, 1.807) is 32.4 Å². The van der Waals surface area contributed by atoms with Gasteiger partial charge < -0.3 is 19.9 Å². The quantitative estimate of drug-likeness (QED) is 0.365. The Hall–Kier alpha value is -2.74. The van der Waals surface area contributed by atoms with Crippen molar-refractivity contribution in [1.29, 1.82) is 0 Å². The molecule has 0 saturated carbocycles. The molecule has 172 valence electrons. The SMILES string of the molecule is COc1ccc(Br)c(OC)c1-c1ccc(C[C@H](NC(=O)c2c(Cl)cccc2Cl)C(=O)O)cc1. The minimum atomic E-state index is -1.18. The third kappa shape index (κ3) is 5.61. The molecule has 0 heterocycles. The van der Waals surface area contributed by atoms with Crippen LogP contribution < -0.4 is 14.8 Å². The van der Waals surface area contributed by atoms with Crippen LogP contribution in [0.15, 0.2) is 59.1 Å².